The maximum Gasteiger partial charge on any atom is 0.0634 e. The van der Waals surface area contributed by atoms with Gasteiger partial charge in [0.05, 0.1) is 5.02 Å². The molecule has 2 heterocycles. The normalized spacial score (nSPS) is 22.1. The Labute approximate surface area is 115 Å². The Hall–Kier alpha value is -0.640. The number of nitrogens with one attached hydrogen (secondary N) is 1. The molecule has 0 spiro atoms. The molecule has 100 valence electrons. The van der Waals surface area contributed by atoms with E-state index in [1.54, 1.807) is 6.20 Å². The summed E-state index contributed by atoms with van der Waals surface area (Å²) in [5, 5.41) is 4.37. The first-order valence-corrected chi connectivity index (χ1v) is 6.89. The average Bonchev–Trinajstić information content (AvgIpc) is 2.31. The highest BCUT2D eigenvalue weighted by molar-refractivity contribution is 6.31. The largest absolute Gasteiger partial charge is 0.311 e. The predicted molar refractivity (Wildman–Crippen MR) is 75.8 cm³/mol. The molecule has 1 fully saturated rings. The van der Waals surface area contributed by atoms with E-state index in [4.69, 9.17) is 11.6 Å². The molecule has 1 aromatic heterocycles. The first kappa shape index (κ1) is 13.8. The van der Waals surface area contributed by atoms with Crippen molar-refractivity contribution in [2.24, 2.45) is 5.41 Å². The SMILES string of the molecule is CC(C)(C)C1CN(Cc2ccncc2Cl)CCN1. The molecule has 3 nitrogen and oxygen atoms in total. The van der Waals surface area contributed by atoms with Crippen molar-refractivity contribution in [2.75, 3.05) is 19.6 Å². The van der Waals surface area contributed by atoms with Gasteiger partial charge in [-0.3, -0.25) is 9.88 Å². The molecular weight excluding hydrogens is 246 g/mol. The Morgan fingerprint density at radius 1 is 1.50 bits per heavy atom. The van der Waals surface area contributed by atoms with Crippen LogP contribution in [0.3, 0.4) is 0 Å². The molecule has 1 unspecified atom stereocenters. The predicted octanol–water partition coefficient (Wildman–Crippen LogP) is 2.55. The summed E-state index contributed by atoms with van der Waals surface area (Å²) in [5.74, 6) is 0. The number of piperazine rings is 1. The molecule has 0 aliphatic carbocycles. The Balaban J connectivity index is 2.00. The van der Waals surface area contributed by atoms with Crippen LogP contribution in [0, 0.1) is 5.41 Å². The van der Waals surface area contributed by atoms with Crippen LogP contribution in [0.15, 0.2) is 18.5 Å². The van der Waals surface area contributed by atoms with Gasteiger partial charge in [0, 0.05) is 44.6 Å². The Kier molecular flexibility index (Phi) is 4.25. The lowest BCUT2D eigenvalue weighted by atomic mass is 9.85. The molecule has 1 aliphatic heterocycles. The van der Waals surface area contributed by atoms with Crippen LogP contribution in [-0.2, 0) is 6.54 Å². The monoisotopic (exact) mass is 267 g/mol. The summed E-state index contributed by atoms with van der Waals surface area (Å²) in [6.45, 7) is 11.0. The molecule has 4 heteroatoms. The molecule has 0 saturated carbocycles. The van der Waals surface area contributed by atoms with Crippen molar-refractivity contribution in [1.29, 1.82) is 0 Å². The zero-order chi connectivity index (χ0) is 13.2. The fourth-order valence-corrected chi connectivity index (χ4v) is 2.49. The number of nitrogens with zero attached hydrogens (tertiary/aromatic N) is 2. The van der Waals surface area contributed by atoms with Crippen LogP contribution in [0.5, 0.6) is 0 Å². The summed E-state index contributed by atoms with van der Waals surface area (Å²) in [5.41, 5.74) is 1.46. The highest BCUT2D eigenvalue weighted by Crippen LogP contribution is 2.23. The number of hydrogen-bond donors (Lipinski definition) is 1. The molecule has 0 aromatic carbocycles. The zero-order valence-corrected chi connectivity index (χ0v) is 12.2. The van der Waals surface area contributed by atoms with Crippen molar-refractivity contribution in [3.63, 3.8) is 0 Å². The van der Waals surface area contributed by atoms with Crippen LogP contribution in [0.1, 0.15) is 26.3 Å². The highest BCUT2D eigenvalue weighted by atomic mass is 35.5. The maximum atomic E-state index is 6.16. The van der Waals surface area contributed by atoms with Gasteiger partial charge in [0.15, 0.2) is 0 Å². The number of halogens is 1. The van der Waals surface area contributed by atoms with E-state index in [9.17, 15) is 0 Å². The van der Waals surface area contributed by atoms with E-state index in [2.05, 4.69) is 36.0 Å². The van der Waals surface area contributed by atoms with Gasteiger partial charge in [-0.2, -0.15) is 0 Å². The van der Waals surface area contributed by atoms with Crippen LogP contribution in [0.4, 0.5) is 0 Å². The van der Waals surface area contributed by atoms with Crippen molar-refractivity contribution >= 4 is 11.6 Å². The number of rotatable bonds is 2. The van der Waals surface area contributed by atoms with E-state index >= 15 is 0 Å². The minimum absolute atomic E-state index is 0.292. The molecule has 1 aromatic rings. The number of pyridine rings is 1. The molecule has 0 amide bonds. The standard InChI is InChI=1S/C14H22ClN3/c1-14(2,3)13-10-18(7-6-17-13)9-11-4-5-16-8-12(11)15/h4-5,8,13,17H,6-7,9-10H2,1-3H3. The molecule has 0 radical (unpaired) electrons. The van der Waals surface area contributed by atoms with E-state index in [-0.39, 0.29) is 0 Å². The first-order valence-electron chi connectivity index (χ1n) is 6.51. The van der Waals surface area contributed by atoms with Gasteiger partial charge in [-0.15, -0.1) is 0 Å². The van der Waals surface area contributed by atoms with Crippen LogP contribution >= 0.6 is 11.6 Å². The Bertz CT molecular complexity index is 400. The lowest BCUT2D eigenvalue weighted by Gasteiger charge is -2.40. The second-order valence-electron chi connectivity index (χ2n) is 6.07. The summed E-state index contributed by atoms with van der Waals surface area (Å²) >= 11 is 6.16. The van der Waals surface area contributed by atoms with Crippen molar-refractivity contribution < 1.29 is 0 Å². The summed E-state index contributed by atoms with van der Waals surface area (Å²) in [6.07, 6.45) is 3.53. The molecule has 0 bridgehead atoms. The van der Waals surface area contributed by atoms with Gasteiger partial charge < -0.3 is 5.32 Å². The van der Waals surface area contributed by atoms with Crippen LogP contribution in [0.25, 0.3) is 0 Å². The summed E-state index contributed by atoms with van der Waals surface area (Å²) in [4.78, 5) is 6.50. The molecule has 1 saturated heterocycles. The van der Waals surface area contributed by atoms with Gasteiger partial charge in [0.1, 0.15) is 0 Å². The number of aromatic nitrogens is 1. The topological polar surface area (TPSA) is 28.2 Å². The minimum Gasteiger partial charge on any atom is -0.311 e. The van der Waals surface area contributed by atoms with E-state index in [0.717, 1.165) is 31.2 Å². The molecule has 1 N–H and O–H groups in total. The Morgan fingerprint density at radius 3 is 2.94 bits per heavy atom. The van der Waals surface area contributed by atoms with Crippen molar-refractivity contribution in [3.8, 4) is 0 Å². The molecule has 18 heavy (non-hydrogen) atoms. The molecule has 1 atom stereocenters. The third kappa shape index (κ3) is 3.44. The van der Waals surface area contributed by atoms with Crippen LogP contribution < -0.4 is 5.32 Å². The van der Waals surface area contributed by atoms with Crippen molar-refractivity contribution in [2.45, 2.75) is 33.4 Å². The Morgan fingerprint density at radius 2 is 2.28 bits per heavy atom. The second-order valence-corrected chi connectivity index (χ2v) is 6.48. The fourth-order valence-electron chi connectivity index (χ4n) is 2.31. The lowest BCUT2D eigenvalue weighted by Crippen LogP contribution is -2.55. The first-order chi connectivity index (χ1) is 8.47. The van der Waals surface area contributed by atoms with Crippen LogP contribution in [0.2, 0.25) is 5.02 Å². The van der Waals surface area contributed by atoms with Crippen LogP contribution in [-0.4, -0.2) is 35.6 Å². The van der Waals surface area contributed by atoms with Crippen molar-refractivity contribution in [3.05, 3.63) is 29.0 Å². The van der Waals surface area contributed by atoms with Gasteiger partial charge in [0.2, 0.25) is 0 Å². The minimum atomic E-state index is 0.292. The quantitative estimate of drug-likeness (QED) is 0.893. The summed E-state index contributed by atoms with van der Waals surface area (Å²) in [7, 11) is 0. The van der Waals surface area contributed by atoms with Gasteiger partial charge >= 0.3 is 0 Å². The molecule has 1 aliphatic rings. The van der Waals surface area contributed by atoms with Gasteiger partial charge in [0.25, 0.3) is 0 Å². The number of hydrogen-bond acceptors (Lipinski definition) is 3. The summed E-state index contributed by atoms with van der Waals surface area (Å²) in [6, 6.07) is 2.54. The zero-order valence-electron chi connectivity index (χ0n) is 11.4. The average molecular weight is 268 g/mol. The van der Waals surface area contributed by atoms with E-state index in [1.807, 2.05) is 12.3 Å². The van der Waals surface area contributed by atoms with Gasteiger partial charge in [-0.25, -0.2) is 0 Å². The van der Waals surface area contributed by atoms with Crippen molar-refractivity contribution in [1.82, 2.24) is 15.2 Å². The third-order valence-electron chi connectivity index (χ3n) is 3.56. The highest BCUT2D eigenvalue weighted by Gasteiger charge is 2.29. The third-order valence-corrected chi connectivity index (χ3v) is 3.90. The lowest BCUT2D eigenvalue weighted by molar-refractivity contribution is 0.129. The maximum absolute atomic E-state index is 6.16. The smallest absolute Gasteiger partial charge is 0.0634 e. The molecule has 2 rings (SSSR count). The second kappa shape index (κ2) is 5.55. The van der Waals surface area contributed by atoms with Gasteiger partial charge in [-0.1, -0.05) is 32.4 Å². The van der Waals surface area contributed by atoms with E-state index < -0.39 is 0 Å². The van der Waals surface area contributed by atoms with E-state index in [1.165, 1.54) is 5.56 Å². The molecular formula is C14H22ClN3. The fraction of sp³-hybridized carbons (Fsp3) is 0.643. The summed E-state index contributed by atoms with van der Waals surface area (Å²) < 4.78 is 0. The van der Waals surface area contributed by atoms with E-state index in [0.29, 0.717) is 11.5 Å². The van der Waals surface area contributed by atoms with Gasteiger partial charge in [-0.05, 0) is 17.0 Å².